The highest BCUT2D eigenvalue weighted by Gasteiger charge is 2.42. The molecule has 2 aromatic rings. The summed E-state index contributed by atoms with van der Waals surface area (Å²) in [5, 5.41) is 23.2. The summed E-state index contributed by atoms with van der Waals surface area (Å²) in [5.41, 5.74) is 2.70. The van der Waals surface area contributed by atoms with E-state index in [-0.39, 0.29) is 41.6 Å². The fraction of sp³-hybridized carbons (Fsp3) is 0.548. The van der Waals surface area contributed by atoms with Crippen LogP contribution in [0.25, 0.3) is 11.1 Å². The first-order chi connectivity index (χ1) is 18.5. The van der Waals surface area contributed by atoms with Crippen LogP contribution >= 0.6 is 0 Å². The van der Waals surface area contributed by atoms with Gasteiger partial charge < -0.3 is 20.3 Å². The average Bonchev–Trinajstić information content (AvgIpc) is 3.30. The van der Waals surface area contributed by atoms with Gasteiger partial charge in [0.15, 0.2) is 0 Å². The number of halogens is 1. The van der Waals surface area contributed by atoms with E-state index in [2.05, 4.69) is 24.1 Å². The van der Waals surface area contributed by atoms with E-state index in [1.54, 1.807) is 24.3 Å². The smallest absolute Gasteiger partial charge is 0.307 e. The molecule has 3 aliphatic rings. The number of likely N-dealkylation sites (N-methyl/N-ethyl adjacent to an activating group) is 1. The fourth-order valence-corrected chi connectivity index (χ4v) is 6.56. The van der Waals surface area contributed by atoms with E-state index in [4.69, 9.17) is 4.74 Å². The Labute approximate surface area is 229 Å². The van der Waals surface area contributed by atoms with Crippen LogP contribution in [0.2, 0.25) is 0 Å². The van der Waals surface area contributed by atoms with Crippen LogP contribution in [0.1, 0.15) is 69.4 Å². The summed E-state index contributed by atoms with van der Waals surface area (Å²) < 4.78 is 21.5. The molecule has 210 valence electrons. The second-order valence-electron chi connectivity index (χ2n) is 12.4. The van der Waals surface area contributed by atoms with Crippen LogP contribution < -0.4 is 10.1 Å². The van der Waals surface area contributed by atoms with Crippen LogP contribution in [0.5, 0.6) is 5.75 Å². The predicted octanol–water partition coefficient (Wildman–Crippen LogP) is 4.50. The van der Waals surface area contributed by atoms with E-state index in [1.807, 2.05) is 13.1 Å². The number of amides is 1. The Morgan fingerprint density at radius 3 is 2.56 bits per heavy atom. The molecular formula is C31H39FN2O5. The minimum atomic E-state index is -0.943. The first kappa shape index (κ1) is 27.6. The van der Waals surface area contributed by atoms with E-state index in [1.165, 1.54) is 6.07 Å². The number of carbonyl (C=O) groups excluding carboxylic acids is 1. The molecule has 1 aliphatic heterocycles. The van der Waals surface area contributed by atoms with Gasteiger partial charge >= 0.3 is 5.97 Å². The lowest BCUT2D eigenvalue weighted by Crippen LogP contribution is -2.48. The Bertz CT molecular complexity index is 1240. The van der Waals surface area contributed by atoms with Crippen molar-refractivity contribution in [2.45, 2.75) is 89.0 Å². The molecule has 0 bridgehead atoms. The molecule has 5 rings (SSSR count). The van der Waals surface area contributed by atoms with Gasteiger partial charge in [-0.15, -0.1) is 0 Å². The molecule has 1 amide bonds. The number of carboxylic acid groups (broad SMARTS) is 1. The van der Waals surface area contributed by atoms with Crippen molar-refractivity contribution in [3.05, 3.63) is 53.3 Å². The van der Waals surface area contributed by atoms with Gasteiger partial charge in [-0.1, -0.05) is 38.5 Å². The summed E-state index contributed by atoms with van der Waals surface area (Å²) in [6.07, 6.45) is 3.21. The molecular weight excluding hydrogens is 499 g/mol. The number of nitrogens with one attached hydrogen (secondary N) is 1. The number of rotatable bonds is 8. The van der Waals surface area contributed by atoms with Crippen molar-refractivity contribution < 1.29 is 28.9 Å². The SMILES string of the molecule is CN1CC(C)(C)C[C@H]1C(=O)N[C@H]1C[C@H](Oc2ccc(CC(=O)O)cc2-c2cccc(F)c2C2CCC2)C[C@H]1O. The summed E-state index contributed by atoms with van der Waals surface area (Å²) in [6.45, 7) is 5.15. The second-order valence-corrected chi connectivity index (χ2v) is 12.4. The number of hydrogen-bond donors (Lipinski definition) is 3. The van der Waals surface area contributed by atoms with Gasteiger partial charge in [0.2, 0.25) is 5.91 Å². The fourth-order valence-electron chi connectivity index (χ4n) is 6.56. The lowest BCUT2D eigenvalue weighted by Gasteiger charge is -2.29. The number of likely N-dealkylation sites (tertiary alicyclic amines) is 1. The molecule has 0 aromatic heterocycles. The maximum atomic E-state index is 15.1. The Morgan fingerprint density at radius 1 is 1.15 bits per heavy atom. The zero-order chi connectivity index (χ0) is 27.9. The molecule has 2 aromatic carbocycles. The zero-order valence-corrected chi connectivity index (χ0v) is 23.0. The van der Waals surface area contributed by atoms with Gasteiger partial charge in [-0.25, -0.2) is 4.39 Å². The standard InChI is InChI=1S/C31H39FN2O5/c1-31(2)16-25(34(3)17-31)30(38)33-24-14-20(15-26(24)35)39-27-11-10-18(13-28(36)37)12-22(27)21-8-5-9-23(32)29(21)19-6-4-7-19/h5,8-12,19-20,24-26,35H,4,6-7,13-17H2,1-3H3,(H,33,38)(H,36,37)/t20-,24-,25-,26+/m0/s1. The first-order valence-corrected chi connectivity index (χ1v) is 14.0. The molecule has 0 radical (unpaired) electrons. The summed E-state index contributed by atoms with van der Waals surface area (Å²) in [4.78, 5) is 26.5. The minimum absolute atomic E-state index is 0.0646. The highest BCUT2D eigenvalue weighted by atomic mass is 19.1. The number of aliphatic hydroxyl groups excluding tert-OH is 1. The summed E-state index contributed by atoms with van der Waals surface area (Å²) in [7, 11) is 1.95. The number of hydrogen-bond acceptors (Lipinski definition) is 5. The lowest BCUT2D eigenvalue weighted by molar-refractivity contribution is -0.136. The number of benzene rings is 2. The third kappa shape index (κ3) is 5.97. The highest BCUT2D eigenvalue weighted by Crippen LogP contribution is 2.45. The van der Waals surface area contributed by atoms with E-state index in [9.17, 15) is 19.8 Å². The van der Waals surface area contributed by atoms with Gasteiger partial charge in [-0.05, 0) is 72.5 Å². The Kier molecular flexibility index (Phi) is 7.71. The van der Waals surface area contributed by atoms with Crippen LogP contribution in [0.3, 0.4) is 0 Å². The third-order valence-electron chi connectivity index (χ3n) is 8.62. The average molecular weight is 539 g/mol. The van der Waals surface area contributed by atoms with Crippen molar-refractivity contribution in [1.82, 2.24) is 10.2 Å². The van der Waals surface area contributed by atoms with Crippen molar-refractivity contribution in [2.24, 2.45) is 5.41 Å². The van der Waals surface area contributed by atoms with Crippen molar-refractivity contribution >= 4 is 11.9 Å². The second kappa shape index (κ2) is 10.9. The summed E-state index contributed by atoms with van der Waals surface area (Å²) in [6, 6.07) is 9.62. The number of aliphatic hydroxyl groups is 1. The Morgan fingerprint density at radius 2 is 1.92 bits per heavy atom. The molecule has 1 saturated heterocycles. The molecule has 0 unspecified atom stereocenters. The van der Waals surface area contributed by atoms with Gasteiger partial charge in [-0.3, -0.25) is 14.5 Å². The van der Waals surface area contributed by atoms with Crippen molar-refractivity contribution in [1.29, 1.82) is 0 Å². The van der Waals surface area contributed by atoms with E-state index in [0.29, 0.717) is 35.3 Å². The highest BCUT2D eigenvalue weighted by molar-refractivity contribution is 5.82. The monoisotopic (exact) mass is 538 g/mol. The maximum absolute atomic E-state index is 15.1. The minimum Gasteiger partial charge on any atom is -0.490 e. The molecule has 2 saturated carbocycles. The summed E-state index contributed by atoms with van der Waals surface area (Å²) in [5.74, 6) is -0.621. The van der Waals surface area contributed by atoms with Crippen LogP contribution in [0.15, 0.2) is 36.4 Å². The van der Waals surface area contributed by atoms with Crippen LogP contribution in [0.4, 0.5) is 4.39 Å². The molecule has 2 aliphatic carbocycles. The number of carboxylic acids is 1. The normalized spacial score (nSPS) is 26.8. The van der Waals surface area contributed by atoms with Crippen molar-refractivity contribution in [2.75, 3.05) is 13.6 Å². The number of ether oxygens (including phenoxy) is 1. The van der Waals surface area contributed by atoms with E-state index < -0.39 is 18.1 Å². The molecule has 1 heterocycles. The molecule has 3 fully saturated rings. The molecule has 7 nitrogen and oxygen atoms in total. The van der Waals surface area contributed by atoms with Crippen molar-refractivity contribution in [3.8, 4) is 16.9 Å². The zero-order valence-electron chi connectivity index (χ0n) is 23.0. The third-order valence-corrected chi connectivity index (χ3v) is 8.62. The largest absolute Gasteiger partial charge is 0.490 e. The molecule has 8 heteroatoms. The van der Waals surface area contributed by atoms with Gasteiger partial charge in [-0.2, -0.15) is 0 Å². The maximum Gasteiger partial charge on any atom is 0.307 e. The van der Waals surface area contributed by atoms with Crippen LogP contribution in [-0.4, -0.2) is 64.9 Å². The molecule has 3 N–H and O–H groups in total. The molecule has 4 atom stereocenters. The quantitative estimate of drug-likeness (QED) is 0.458. The number of aliphatic carboxylic acids is 1. The van der Waals surface area contributed by atoms with Gasteiger partial charge in [0, 0.05) is 24.9 Å². The van der Waals surface area contributed by atoms with Gasteiger partial charge in [0.25, 0.3) is 0 Å². The Balaban J connectivity index is 1.37. The lowest BCUT2D eigenvalue weighted by atomic mass is 9.76. The van der Waals surface area contributed by atoms with Crippen LogP contribution in [0, 0.1) is 11.2 Å². The first-order valence-electron chi connectivity index (χ1n) is 14.0. The van der Waals surface area contributed by atoms with E-state index >= 15 is 4.39 Å². The summed E-state index contributed by atoms with van der Waals surface area (Å²) >= 11 is 0. The number of nitrogens with zero attached hydrogens (tertiary/aromatic N) is 1. The van der Waals surface area contributed by atoms with Gasteiger partial charge in [0.05, 0.1) is 24.6 Å². The van der Waals surface area contributed by atoms with Crippen LogP contribution in [-0.2, 0) is 16.0 Å². The van der Waals surface area contributed by atoms with E-state index in [0.717, 1.165) is 37.8 Å². The number of carbonyl (C=O) groups is 2. The molecule has 39 heavy (non-hydrogen) atoms. The van der Waals surface area contributed by atoms with Crippen molar-refractivity contribution in [3.63, 3.8) is 0 Å². The van der Waals surface area contributed by atoms with Gasteiger partial charge in [0.1, 0.15) is 17.7 Å². The molecule has 0 spiro atoms. The topological polar surface area (TPSA) is 99.1 Å². The predicted molar refractivity (Wildman–Crippen MR) is 146 cm³/mol. The Hall–Kier alpha value is -2.97.